The van der Waals surface area contributed by atoms with Crippen molar-refractivity contribution in [2.24, 2.45) is 0 Å². The Labute approximate surface area is 170 Å². The molecule has 0 aliphatic carbocycles. The average Bonchev–Trinajstić information content (AvgIpc) is 2.71. The fourth-order valence-corrected chi connectivity index (χ4v) is 3.33. The minimum atomic E-state index is -0.622. The van der Waals surface area contributed by atoms with E-state index in [-0.39, 0.29) is 11.9 Å². The molecule has 2 aromatic rings. The molecule has 1 aliphatic heterocycles. The Balaban J connectivity index is 2.03. The van der Waals surface area contributed by atoms with Gasteiger partial charge in [-0.05, 0) is 49.2 Å². The van der Waals surface area contributed by atoms with Crippen LogP contribution in [-0.4, -0.2) is 38.1 Å². The zero-order chi connectivity index (χ0) is 21.1. The van der Waals surface area contributed by atoms with E-state index in [0.717, 1.165) is 11.1 Å². The smallest absolute Gasteiger partial charge is 0.322 e. The number of hydrogen-bond acceptors (Lipinski definition) is 4. The maximum Gasteiger partial charge on any atom is 0.322 e. The summed E-state index contributed by atoms with van der Waals surface area (Å²) in [5, 5.41) is 5.84. The van der Waals surface area contributed by atoms with Gasteiger partial charge < -0.3 is 25.0 Å². The fraction of sp³-hybridized carbons (Fsp3) is 0.273. The van der Waals surface area contributed by atoms with Gasteiger partial charge >= 0.3 is 6.03 Å². The first-order chi connectivity index (χ1) is 13.8. The van der Waals surface area contributed by atoms with Crippen molar-refractivity contribution < 1.29 is 19.1 Å². The third-order valence-electron chi connectivity index (χ3n) is 5.02. The molecule has 2 aromatic carbocycles. The summed E-state index contributed by atoms with van der Waals surface area (Å²) in [6.45, 7) is 3.72. The van der Waals surface area contributed by atoms with Crippen LogP contribution in [0.4, 0.5) is 10.5 Å². The molecule has 0 bridgehead atoms. The molecule has 0 spiro atoms. The molecule has 1 aliphatic rings. The summed E-state index contributed by atoms with van der Waals surface area (Å²) < 4.78 is 10.7. The number of carbonyl (C=O) groups excluding carboxylic acids is 2. The second-order valence-corrected chi connectivity index (χ2v) is 6.88. The van der Waals surface area contributed by atoms with Gasteiger partial charge in [0.2, 0.25) is 0 Å². The first-order valence-corrected chi connectivity index (χ1v) is 9.20. The monoisotopic (exact) mass is 395 g/mol. The van der Waals surface area contributed by atoms with Crippen molar-refractivity contribution >= 4 is 17.6 Å². The fourth-order valence-electron chi connectivity index (χ4n) is 3.33. The van der Waals surface area contributed by atoms with Crippen LogP contribution in [0.15, 0.2) is 53.7 Å². The maximum absolute atomic E-state index is 13.2. The van der Waals surface area contributed by atoms with E-state index in [1.54, 1.807) is 40.3 Å². The largest absolute Gasteiger partial charge is 0.493 e. The number of hydrogen-bond donors (Lipinski definition) is 2. The molecule has 0 saturated heterocycles. The number of urea groups is 1. The average molecular weight is 395 g/mol. The molecule has 29 heavy (non-hydrogen) atoms. The Morgan fingerprint density at radius 1 is 1.07 bits per heavy atom. The first-order valence-electron chi connectivity index (χ1n) is 9.20. The Bertz CT molecular complexity index is 984. The van der Waals surface area contributed by atoms with Crippen LogP contribution in [0.3, 0.4) is 0 Å². The lowest BCUT2D eigenvalue weighted by atomic mass is 9.94. The molecular weight excluding hydrogens is 370 g/mol. The van der Waals surface area contributed by atoms with Gasteiger partial charge in [-0.15, -0.1) is 0 Å². The molecule has 2 N–H and O–H groups in total. The predicted octanol–water partition coefficient (Wildman–Crippen LogP) is 3.62. The summed E-state index contributed by atoms with van der Waals surface area (Å²) >= 11 is 0. The summed E-state index contributed by atoms with van der Waals surface area (Å²) in [4.78, 5) is 27.1. The standard InChI is InChI=1S/C22H25N3O4/c1-13-7-6-8-16(11-13)23-21(26)19-14(2)25(3)22(27)24-20(19)15-9-10-17(28-4)18(12-15)29-5/h6-12,20H,1-5H3,(H,23,26)(H,24,27). The Hall–Kier alpha value is -3.48. The van der Waals surface area contributed by atoms with Gasteiger partial charge in [0.25, 0.3) is 5.91 Å². The lowest BCUT2D eigenvalue weighted by Gasteiger charge is -2.34. The van der Waals surface area contributed by atoms with Crippen molar-refractivity contribution in [1.29, 1.82) is 0 Å². The number of rotatable bonds is 5. The number of amides is 3. The minimum absolute atomic E-state index is 0.278. The summed E-state index contributed by atoms with van der Waals surface area (Å²) in [5.74, 6) is 0.816. The topological polar surface area (TPSA) is 79.9 Å². The van der Waals surface area contributed by atoms with Crippen molar-refractivity contribution in [3.63, 3.8) is 0 Å². The molecule has 7 heteroatoms. The molecular formula is C22H25N3O4. The summed E-state index contributed by atoms with van der Waals surface area (Å²) in [5.41, 5.74) is 3.50. The Morgan fingerprint density at radius 3 is 2.45 bits per heavy atom. The van der Waals surface area contributed by atoms with E-state index in [1.807, 2.05) is 37.3 Å². The minimum Gasteiger partial charge on any atom is -0.493 e. The van der Waals surface area contributed by atoms with E-state index in [4.69, 9.17) is 9.47 Å². The van der Waals surface area contributed by atoms with Crippen LogP contribution in [0.5, 0.6) is 11.5 Å². The van der Waals surface area contributed by atoms with Crippen LogP contribution in [0.1, 0.15) is 24.1 Å². The third-order valence-corrected chi connectivity index (χ3v) is 5.02. The lowest BCUT2D eigenvalue weighted by molar-refractivity contribution is -0.113. The molecule has 1 heterocycles. The van der Waals surface area contributed by atoms with Crippen LogP contribution in [-0.2, 0) is 4.79 Å². The number of benzene rings is 2. The molecule has 3 amide bonds. The van der Waals surface area contributed by atoms with E-state index < -0.39 is 6.04 Å². The zero-order valence-electron chi connectivity index (χ0n) is 17.2. The summed E-state index contributed by atoms with van der Waals surface area (Å²) in [7, 11) is 4.73. The van der Waals surface area contributed by atoms with E-state index in [9.17, 15) is 9.59 Å². The Kier molecular flexibility index (Phi) is 5.77. The lowest BCUT2D eigenvalue weighted by Crippen LogP contribution is -2.46. The van der Waals surface area contributed by atoms with Gasteiger partial charge in [0.15, 0.2) is 11.5 Å². The van der Waals surface area contributed by atoms with E-state index in [1.165, 1.54) is 4.90 Å². The maximum atomic E-state index is 13.2. The van der Waals surface area contributed by atoms with Crippen LogP contribution in [0.2, 0.25) is 0 Å². The number of aryl methyl sites for hydroxylation is 1. The highest BCUT2D eigenvalue weighted by Gasteiger charge is 2.34. The second-order valence-electron chi connectivity index (χ2n) is 6.88. The van der Waals surface area contributed by atoms with Gasteiger partial charge in [-0.25, -0.2) is 4.79 Å². The number of allylic oxidation sites excluding steroid dienone is 1. The summed E-state index contributed by atoms with van der Waals surface area (Å²) in [6.07, 6.45) is 0. The predicted molar refractivity (Wildman–Crippen MR) is 111 cm³/mol. The van der Waals surface area contributed by atoms with E-state index in [2.05, 4.69) is 10.6 Å². The van der Waals surface area contributed by atoms with Crippen molar-refractivity contribution in [3.8, 4) is 11.5 Å². The van der Waals surface area contributed by atoms with Gasteiger partial charge in [-0.2, -0.15) is 0 Å². The molecule has 1 unspecified atom stereocenters. The number of nitrogens with zero attached hydrogens (tertiary/aromatic N) is 1. The van der Waals surface area contributed by atoms with Crippen LogP contribution in [0, 0.1) is 6.92 Å². The molecule has 7 nitrogen and oxygen atoms in total. The van der Waals surface area contributed by atoms with Crippen molar-refractivity contribution in [2.75, 3.05) is 26.6 Å². The molecule has 0 radical (unpaired) electrons. The van der Waals surface area contributed by atoms with Gasteiger partial charge in [0.05, 0.1) is 25.8 Å². The van der Waals surface area contributed by atoms with Crippen molar-refractivity contribution in [1.82, 2.24) is 10.2 Å². The van der Waals surface area contributed by atoms with Crippen LogP contribution < -0.4 is 20.1 Å². The molecule has 0 aromatic heterocycles. The quantitative estimate of drug-likeness (QED) is 0.810. The molecule has 0 fully saturated rings. The second kappa shape index (κ2) is 8.26. The van der Waals surface area contributed by atoms with E-state index in [0.29, 0.717) is 28.5 Å². The van der Waals surface area contributed by atoms with Crippen LogP contribution in [0.25, 0.3) is 0 Å². The van der Waals surface area contributed by atoms with Crippen molar-refractivity contribution in [3.05, 3.63) is 64.9 Å². The highest BCUT2D eigenvalue weighted by molar-refractivity contribution is 6.06. The molecule has 0 saturated carbocycles. The number of anilines is 1. The first kappa shape index (κ1) is 20.3. The van der Waals surface area contributed by atoms with Gasteiger partial charge in [-0.1, -0.05) is 18.2 Å². The number of ether oxygens (including phenoxy) is 2. The number of methoxy groups -OCH3 is 2. The molecule has 3 rings (SSSR count). The zero-order valence-corrected chi connectivity index (χ0v) is 17.2. The Morgan fingerprint density at radius 2 is 1.79 bits per heavy atom. The third kappa shape index (κ3) is 4.03. The number of carbonyl (C=O) groups is 2. The van der Waals surface area contributed by atoms with Gasteiger partial charge in [-0.3, -0.25) is 4.79 Å². The highest BCUT2D eigenvalue weighted by atomic mass is 16.5. The normalized spacial score (nSPS) is 16.4. The van der Waals surface area contributed by atoms with Gasteiger partial charge in [0, 0.05) is 18.4 Å². The van der Waals surface area contributed by atoms with E-state index >= 15 is 0 Å². The highest BCUT2D eigenvalue weighted by Crippen LogP contribution is 2.35. The van der Waals surface area contributed by atoms with Gasteiger partial charge in [0.1, 0.15) is 0 Å². The number of nitrogens with one attached hydrogen (secondary N) is 2. The van der Waals surface area contributed by atoms with Crippen molar-refractivity contribution in [2.45, 2.75) is 19.9 Å². The summed E-state index contributed by atoms with van der Waals surface area (Å²) in [6, 6.07) is 12.0. The molecule has 1 atom stereocenters. The van der Waals surface area contributed by atoms with Crippen LogP contribution >= 0.6 is 0 Å². The molecule has 152 valence electrons. The SMILES string of the molecule is COc1ccc(C2NC(=O)N(C)C(C)=C2C(=O)Nc2cccc(C)c2)cc1OC.